The number of piperidine rings is 1. The molecule has 134 valence electrons. The van der Waals surface area contributed by atoms with E-state index in [0.717, 1.165) is 23.3 Å². The molecule has 0 atom stereocenters. The van der Waals surface area contributed by atoms with Crippen molar-refractivity contribution in [3.8, 4) is 0 Å². The molecule has 1 saturated heterocycles. The van der Waals surface area contributed by atoms with Crippen LogP contribution >= 0.6 is 0 Å². The summed E-state index contributed by atoms with van der Waals surface area (Å²) in [6, 6.07) is 12.6. The normalized spacial score (nSPS) is 18.2. The minimum atomic E-state index is -0.0612. The quantitative estimate of drug-likeness (QED) is 0.733. The van der Waals surface area contributed by atoms with Crippen LogP contribution in [0.25, 0.3) is 0 Å². The van der Waals surface area contributed by atoms with Gasteiger partial charge in [0.1, 0.15) is 0 Å². The minimum absolute atomic E-state index is 0.0586. The zero-order valence-electron chi connectivity index (χ0n) is 15.3. The first kappa shape index (κ1) is 17.0. The van der Waals surface area contributed by atoms with Crippen molar-refractivity contribution in [2.24, 2.45) is 0 Å². The number of benzene rings is 2. The second kappa shape index (κ2) is 6.69. The van der Waals surface area contributed by atoms with Crippen molar-refractivity contribution in [1.29, 1.82) is 0 Å². The number of nitrogens with one attached hydrogen (secondary N) is 1. The Bertz CT molecular complexity index is 866. The first-order valence-corrected chi connectivity index (χ1v) is 9.48. The van der Waals surface area contributed by atoms with Crippen LogP contribution in [0.5, 0.6) is 0 Å². The van der Waals surface area contributed by atoms with Gasteiger partial charge in [-0.05, 0) is 25.3 Å². The van der Waals surface area contributed by atoms with Gasteiger partial charge in [-0.25, -0.2) is 0 Å². The molecule has 1 aliphatic carbocycles. The number of fused-ring (bicyclic) bond motifs is 2. The summed E-state index contributed by atoms with van der Waals surface area (Å²) in [5, 5.41) is 3.44. The third-order valence-corrected chi connectivity index (χ3v) is 5.82. The molecule has 1 heterocycles. The Morgan fingerprint density at radius 2 is 1.50 bits per heavy atom. The molecule has 0 saturated carbocycles. The van der Waals surface area contributed by atoms with E-state index in [9.17, 15) is 9.59 Å². The van der Waals surface area contributed by atoms with Crippen LogP contribution in [0, 0.1) is 0 Å². The smallest absolute Gasteiger partial charge is 0.196 e. The number of hydrogen-bond donors (Lipinski definition) is 1. The highest BCUT2D eigenvalue weighted by atomic mass is 16.1. The van der Waals surface area contributed by atoms with E-state index >= 15 is 0 Å². The van der Waals surface area contributed by atoms with Gasteiger partial charge in [0.2, 0.25) is 0 Å². The predicted octanol–water partition coefficient (Wildman–Crippen LogP) is 3.50. The zero-order valence-corrected chi connectivity index (χ0v) is 15.3. The van der Waals surface area contributed by atoms with Crippen molar-refractivity contribution < 1.29 is 14.1 Å². The largest absolute Gasteiger partial charge is 0.379 e. The maximum Gasteiger partial charge on any atom is 0.196 e. The van der Waals surface area contributed by atoms with Crippen molar-refractivity contribution in [3.63, 3.8) is 0 Å². The van der Waals surface area contributed by atoms with Crippen molar-refractivity contribution in [2.75, 3.05) is 38.5 Å². The Labute approximate surface area is 154 Å². The Kier molecular flexibility index (Phi) is 4.37. The Balaban J connectivity index is 1.58. The molecule has 0 radical (unpaired) electrons. The van der Waals surface area contributed by atoms with Gasteiger partial charge in [-0.1, -0.05) is 36.4 Å². The average Bonchev–Trinajstić information content (AvgIpc) is 2.66. The van der Waals surface area contributed by atoms with Crippen LogP contribution in [0.4, 0.5) is 5.69 Å². The standard InChI is InChI=1S/C22H24N2O2/c1-24(13-5-2-6-14-24)15-12-23-19-11-7-10-18-20(19)22(26)17-9-4-3-8-16(17)21(18)25/h3-4,7-11H,2,5-6,12-15H2,1H3/p+1. The molecule has 0 unspecified atom stereocenters. The fraction of sp³-hybridized carbons (Fsp3) is 0.364. The predicted molar refractivity (Wildman–Crippen MR) is 103 cm³/mol. The molecule has 0 bridgehead atoms. The van der Waals surface area contributed by atoms with Crippen LogP contribution in [0.1, 0.15) is 51.1 Å². The SMILES string of the molecule is C[N+]1(CCNc2cccc3c2C(=O)c2ccccc2C3=O)CCCCC1. The molecule has 2 aliphatic rings. The maximum atomic E-state index is 13.0. The van der Waals surface area contributed by atoms with Crippen molar-refractivity contribution in [1.82, 2.24) is 0 Å². The number of likely N-dealkylation sites (tertiary alicyclic amines) is 1. The number of rotatable bonds is 4. The number of anilines is 1. The lowest BCUT2D eigenvalue weighted by molar-refractivity contribution is -0.912. The van der Waals surface area contributed by atoms with Gasteiger partial charge in [0.15, 0.2) is 11.6 Å². The van der Waals surface area contributed by atoms with Crippen molar-refractivity contribution in [2.45, 2.75) is 19.3 Å². The summed E-state index contributed by atoms with van der Waals surface area (Å²) in [5.41, 5.74) is 2.83. The molecule has 1 aliphatic heterocycles. The summed E-state index contributed by atoms with van der Waals surface area (Å²) in [5.74, 6) is -0.120. The molecular weight excluding hydrogens is 324 g/mol. The molecule has 1 fully saturated rings. The number of hydrogen-bond acceptors (Lipinski definition) is 3. The third kappa shape index (κ3) is 2.95. The Morgan fingerprint density at radius 1 is 0.846 bits per heavy atom. The maximum absolute atomic E-state index is 13.0. The molecule has 4 rings (SSSR count). The number of quaternary nitrogens is 1. The number of carbonyl (C=O) groups is 2. The summed E-state index contributed by atoms with van der Waals surface area (Å²) in [4.78, 5) is 25.8. The molecule has 0 aromatic heterocycles. The highest BCUT2D eigenvalue weighted by Gasteiger charge is 2.31. The molecule has 4 nitrogen and oxygen atoms in total. The van der Waals surface area contributed by atoms with E-state index in [2.05, 4.69) is 12.4 Å². The third-order valence-electron chi connectivity index (χ3n) is 5.82. The van der Waals surface area contributed by atoms with E-state index in [0.29, 0.717) is 22.3 Å². The van der Waals surface area contributed by atoms with Gasteiger partial charge in [0.25, 0.3) is 0 Å². The number of carbonyl (C=O) groups excluding carboxylic acids is 2. The van der Waals surface area contributed by atoms with Crippen LogP contribution in [-0.4, -0.2) is 49.3 Å². The van der Waals surface area contributed by atoms with E-state index in [1.54, 1.807) is 24.3 Å². The number of likely N-dealkylation sites (N-methyl/N-ethyl adjacent to an activating group) is 1. The topological polar surface area (TPSA) is 46.2 Å². The van der Waals surface area contributed by atoms with Gasteiger partial charge in [0, 0.05) is 22.4 Å². The number of nitrogens with zero attached hydrogens (tertiary/aromatic N) is 1. The lowest BCUT2D eigenvalue weighted by Crippen LogP contribution is -2.50. The van der Waals surface area contributed by atoms with E-state index in [4.69, 9.17) is 0 Å². The minimum Gasteiger partial charge on any atom is -0.379 e. The molecule has 26 heavy (non-hydrogen) atoms. The number of ketones is 2. The first-order chi connectivity index (χ1) is 12.6. The van der Waals surface area contributed by atoms with Gasteiger partial charge >= 0.3 is 0 Å². The summed E-state index contributed by atoms with van der Waals surface area (Å²) in [6.45, 7) is 4.27. The van der Waals surface area contributed by atoms with E-state index in [1.165, 1.54) is 32.4 Å². The van der Waals surface area contributed by atoms with Gasteiger partial charge in [0.05, 0.1) is 38.8 Å². The van der Waals surface area contributed by atoms with E-state index in [1.807, 2.05) is 18.2 Å². The van der Waals surface area contributed by atoms with E-state index in [-0.39, 0.29) is 11.6 Å². The van der Waals surface area contributed by atoms with Crippen LogP contribution in [0.15, 0.2) is 42.5 Å². The lowest BCUT2D eigenvalue weighted by Gasteiger charge is -2.38. The van der Waals surface area contributed by atoms with Gasteiger partial charge in [-0.15, -0.1) is 0 Å². The molecule has 2 aromatic carbocycles. The Morgan fingerprint density at radius 3 is 2.23 bits per heavy atom. The van der Waals surface area contributed by atoms with E-state index < -0.39 is 0 Å². The molecule has 0 amide bonds. The molecular formula is C22H25N2O2+. The summed E-state index contributed by atoms with van der Waals surface area (Å²) in [6.07, 6.45) is 3.92. The summed E-state index contributed by atoms with van der Waals surface area (Å²) >= 11 is 0. The highest BCUT2D eigenvalue weighted by Crippen LogP contribution is 2.31. The zero-order chi connectivity index (χ0) is 18.1. The molecule has 0 spiro atoms. The van der Waals surface area contributed by atoms with Crippen LogP contribution < -0.4 is 5.32 Å². The lowest BCUT2D eigenvalue weighted by atomic mass is 9.83. The summed E-state index contributed by atoms with van der Waals surface area (Å²) in [7, 11) is 2.31. The fourth-order valence-electron chi connectivity index (χ4n) is 4.25. The van der Waals surface area contributed by atoms with Crippen molar-refractivity contribution in [3.05, 3.63) is 64.7 Å². The molecule has 1 N–H and O–H groups in total. The molecule has 4 heteroatoms. The van der Waals surface area contributed by atoms with Gasteiger partial charge < -0.3 is 9.80 Å². The van der Waals surface area contributed by atoms with Gasteiger partial charge in [-0.3, -0.25) is 9.59 Å². The van der Waals surface area contributed by atoms with Gasteiger partial charge in [-0.2, -0.15) is 0 Å². The molecule has 2 aromatic rings. The van der Waals surface area contributed by atoms with Crippen molar-refractivity contribution >= 4 is 17.3 Å². The first-order valence-electron chi connectivity index (χ1n) is 9.48. The second-order valence-electron chi connectivity index (χ2n) is 7.71. The average molecular weight is 349 g/mol. The fourth-order valence-corrected chi connectivity index (χ4v) is 4.25. The Hall–Kier alpha value is -2.46. The van der Waals surface area contributed by atoms with Crippen LogP contribution in [-0.2, 0) is 0 Å². The monoisotopic (exact) mass is 349 g/mol. The second-order valence-corrected chi connectivity index (χ2v) is 7.71. The highest BCUT2D eigenvalue weighted by molar-refractivity contribution is 6.30. The van der Waals surface area contributed by atoms with Crippen LogP contribution in [0.2, 0.25) is 0 Å². The van der Waals surface area contributed by atoms with Crippen LogP contribution in [0.3, 0.4) is 0 Å². The summed E-state index contributed by atoms with van der Waals surface area (Å²) < 4.78 is 1.08.